The lowest BCUT2D eigenvalue weighted by Crippen LogP contribution is -2.36. The summed E-state index contributed by atoms with van der Waals surface area (Å²) in [4.78, 5) is 23.4. The molecular formula is C13H13FN2O3. The third-order valence-electron chi connectivity index (χ3n) is 2.70. The molecule has 1 heterocycles. The van der Waals surface area contributed by atoms with Crippen LogP contribution in [0.25, 0.3) is 10.9 Å². The molecule has 1 aromatic heterocycles. The maximum absolute atomic E-state index is 13.2. The highest BCUT2D eigenvalue weighted by Gasteiger charge is 2.18. The molecule has 0 aliphatic carbocycles. The fourth-order valence-electron chi connectivity index (χ4n) is 1.68. The largest absolute Gasteiger partial charge is 0.494 e. The number of fused-ring (bicyclic) bond motifs is 1. The molecule has 5 nitrogen and oxygen atoms in total. The number of aromatic hydroxyl groups is 1. The summed E-state index contributed by atoms with van der Waals surface area (Å²) in [6.07, 6.45) is 0. The number of nitrogens with one attached hydrogen (secondary N) is 1. The van der Waals surface area contributed by atoms with Gasteiger partial charge in [-0.3, -0.25) is 10.1 Å². The Hall–Kier alpha value is -2.37. The van der Waals surface area contributed by atoms with Crippen molar-refractivity contribution in [1.29, 1.82) is 0 Å². The standard InChI is InChI=1S/C13H13FN2O3/c1-7(2)12(18)15-13(19)16-10-6-9(14)4-3-8(10)5-11(16)17/h3-7,17H,1-2H3,(H,15,18,19). The molecular weight excluding hydrogens is 251 g/mol. The van der Waals surface area contributed by atoms with E-state index in [4.69, 9.17) is 0 Å². The number of carbonyl (C=O) groups is 2. The van der Waals surface area contributed by atoms with E-state index in [0.29, 0.717) is 5.39 Å². The number of rotatable bonds is 1. The predicted molar refractivity (Wildman–Crippen MR) is 67.3 cm³/mol. The number of carbonyl (C=O) groups excluding carboxylic acids is 2. The van der Waals surface area contributed by atoms with E-state index in [-0.39, 0.29) is 17.3 Å². The van der Waals surface area contributed by atoms with Crippen LogP contribution in [0.1, 0.15) is 13.8 Å². The maximum atomic E-state index is 13.2. The molecule has 0 aliphatic rings. The lowest BCUT2D eigenvalue weighted by Gasteiger charge is -2.08. The Morgan fingerprint density at radius 3 is 2.63 bits per heavy atom. The predicted octanol–water partition coefficient (Wildman–Crippen LogP) is 2.23. The van der Waals surface area contributed by atoms with Crippen LogP contribution in [0.2, 0.25) is 0 Å². The molecule has 0 unspecified atom stereocenters. The quantitative estimate of drug-likeness (QED) is 0.829. The number of hydrogen-bond acceptors (Lipinski definition) is 3. The van der Waals surface area contributed by atoms with E-state index in [1.54, 1.807) is 13.8 Å². The highest BCUT2D eigenvalue weighted by Crippen LogP contribution is 2.24. The fraction of sp³-hybridized carbons (Fsp3) is 0.231. The molecule has 0 saturated carbocycles. The van der Waals surface area contributed by atoms with Crippen LogP contribution >= 0.6 is 0 Å². The van der Waals surface area contributed by atoms with Crippen molar-refractivity contribution in [3.8, 4) is 5.88 Å². The average Bonchev–Trinajstić information content (AvgIpc) is 2.64. The summed E-state index contributed by atoms with van der Waals surface area (Å²) in [7, 11) is 0. The molecule has 100 valence electrons. The van der Waals surface area contributed by atoms with Crippen LogP contribution in [0, 0.1) is 11.7 Å². The van der Waals surface area contributed by atoms with E-state index in [0.717, 1.165) is 10.6 Å². The number of hydrogen-bond donors (Lipinski definition) is 2. The van der Waals surface area contributed by atoms with Gasteiger partial charge in [0.2, 0.25) is 5.91 Å². The minimum atomic E-state index is -0.809. The van der Waals surface area contributed by atoms with E-state index >= 15 is 0 Å². The van der Waals surface area contributed by atoms with Gasteiger partial charge in [-0.1, -0.05) is 13.8 Å². The van der Waals surface area contributed by atoms with Gasteiger partial charge in [-0.15, -0.1) is 0 Å². The van der Waals surface area contributed by atoms with E-state index in [2.05, 4.69) is 5.32 Å². The van der Waals surface area contributed by atoms with Gasteiger partial charge in [-0.05, 0) is 18.2 Å². The summed E-state index contributed by atoms with van der Waals surface area (Å²) < 4.78 is 14.0. The molecule has 0 fully saturated rings. The van der Waals surface area contributed by atoms with Gasteiger partial charge in [-0.2, -0.15) is 0 Å². The Morgan fingerprint density at radius 1 is 1.32 bits per heavy atom. The fourth-order valence-corrected chi connectivity index (χ4v) is 1.68. The highest BCUT2D eigenvalue weighted by molar-refractivity contribution is 6.01. The molecule has 6 heteroatoms. The summed E-state index contributed by atoms with van der Waals surface area (Å²) in [5.41, 5.74) is 0.201. The van der Waals surface area contributed by atoms with E-state index in [9.17, 15) is 19.1 Å². The average molecular weight is 264 g/mol. The molecule has 0 spiro atoms. The summed E-state index contributed by atoms with van der Waals surface area (Å²) in [5.74, 6) is -1.73. The lowest BCUT2D eigenvalue weighted by atomic mass is 10.2. The number of nitrogens with zero attached hydrogens (tertiary/aromatic N) is 1. The maximum Gasteiger partial charge on any atom is 0.335 e. The van der Waals surface area contributed by atoms with Crippen LogP contribution in [-0.2, 0) is 4.79 Å². The SMILES string of the molecule is CC(C)C(=O)NC(=O)n1c(O)cc2ccc(F)cc21. The number of amides is 2. The Balaban J connectivity index is 2.44. The summed E-state index contributed by atoms with van der Waals surface area (Å²) >= 11 is 0. The van der Waals surface area contributed by atoms with Crippen LogP contribution in [0.3, 0.4) is 0 Å². The molecule has 0 radical (unpaired) electrons. The Labute approximate surface area is 108 Å². The van der Waals surface area contributed by atoms with Crippen molar-refractivity contribution in [1.82, 2.24) is 9.88 Å². The summed E-state index contributed by atoms with van der Waals surface area (Å²) in [5, 5.41) is 12.4. The van der Waals surface area contributed by atoms with Crippen molar-refractivity contribution in [3.63, 3.8) is 0 Å². The number of halogens is 1. The zero-order chi connectivity index (χ0) is 14.2. The van der Waals surface area contributed by atoms with Gasteiger partial charge in [0, 0.05) is 17.4 Å². The second kappa shape index (κ2) is 4.72. The van der Waals surface area contributed by atoms with Gasteiger partial charge in [-0.25, -0.2) is 13.8 Å². The zero-order valence-electron chi connectivity index (χ0n) is 10.5. The number of benzene rings is 1. The van der Waals surface area contributed by atoms with Crippen LogP contribution in [-0.4, -0.2) is 21.6 Å². The van der Waals surface area contributed by atoms with Crippen LogP contribution in [0.15, 0.2) is 24.3 Å². The lowest BCUT2D eigenvalue weighted by molar-refractivity contribution is -0.122. The van der Waals surface area contributed by atoms with Crippen LogP contribution in [0.5, 0.6) is 5.88 Å². The van der Waals surface area contributed by atoms with Crippen molar-refractivity contribution in [2.75, 3.05) is 0 Å². The molecule has 19 heavy (non-hydrogen) atoms. The Bertz CT molecular complexity index is 661. The molecule has 2 N–H and O–H groups in total. The molecule has 0 bridgehead atoms. The smallest absolute Gasteiger partial charge is 0.335 e. The zero-order valence-corrected chi connectivity index (χ0v) is 10.5. The minimum absolute atomic E-state index is 0.201. The van der Waals surface area contributed by atoms with Gasteiger partial charge in [0.25, 0.3) is 0 Å². The van der Waals surface area contributed by atoms with Crippen molar-refractivity contribution < 1.29 is 19.1 Å². The van der Waals surface area contributed by atoms with Crippen LogP contribution < -0.4 is 5.32 Å². The van der Waals surface area contributed by atoms with Crippen molar-refractivity contribution in [2.45, 2.75) is 13.8 Å². The number of imide groups is 1. The first-order chi connectivity index (χ1) is 8.90. The Morgan fingerprint density at radius 2 is 2.00 bits per heavy atom. The number of aromatic nitrogens is 1. The van der Waals surface area contributed by atoms with E-state index in [1.807, 2.05) is 0 Å². The van der Waals surface area contributed by atoms with Gasteiger partial charge in [0.05, 0.1) is 5.52 Å². The first kappa shape index (κ1) is 13.1. The third-order valence-corrected chi connectivity index (χ3v) is 2.70. The molecule has 1 aromatic carbocycles. The second-order valence-electron chi connectivity index (χ2n) is 4.49. The molecule has 2 amide bonds. The topological polar surface area (TPSA) is 71.3 Å². The molecule has 2 aromatic rings. The van der Waals surface area contributed by atoms with E-state index in [1.165, 1.54) is 18.2 Å². The van der Waals surface area contributed by atoms with Crippen molar-refractivity contribution in [3.05, 3.63) is 30.1 Å². The first-order valence-electron chi connectivity index (χ1n) is 5.75. The summed E-state index contributed by atoms with van der Waals surface area (Å²) in [6.45, 7) is 3.27. The van der Waals surface area contributed by atoms with Gasteiger partial charge < -0.3 is 5.11 Å². The van der Waals surface area contributed by atoms with E-state index < -0.39 is 17.8 Å². The van der Waals surface area contributed by atoms with Crippen molar-refractivity contribution in [2.24, 2.45) is 5.92 Å². The third kappa shape index (κ3) is 2.42. The second-order valence-corrected chi connectivity index (χ2v) is 4.49. The molecule has 2 rings (SSSR count). The van der Waals surface area contributed by atoms with Crippen molar-refractivity contribution >= 4 is 22.8 Å². The monoisotopic (exact) mass is 264 g/mol. The van der Waals surface area contributed by atoms with Gasteiger partial charge in [0.15, 0.2) is 5.88 Å². The first-order valence-corrected chi connectivity index (χ1v) is 5.75. The highest BCUT2D eigenvalue weighted by atomic mass is 19.1. The normalized spacial score (nSPS) is 10.9. The Kier molecular flexibility index (Phi) is 3.25. The van der Waals surface area contributed by atoms with Gasteiger partial charge >= 0.3 is 6.03 Å². The molecule has 0 aliphatic heterocycles. The molecule has 0 atom stereocenters. The van der Waals surface area contributed by atoms with Gasteiger partial charge in [0.1, 0.15) is 5.82 Å². The summed E-state index contributed by atoms with van der Waals surface area (Å²) in [6, 6.07) is 4.31. The minimum Gasteiger partial charge on any atom is -0.494 e. The molecule has 0 saturated heterocycles. The van der Waals surface area contributed by atoms with Crippen LogP contribution in [0.4, 0.5) is 9.18 Å².